The predicted octanol–water partition coefficient (Wildman–Crippen LogP) is 1.51. The molecule has 1 saturated heterocycles. The molecule has 3 rings (SSSR count). The number of carbonyl (C=O) groups excluding carboxylic acids is 2. The Hall–Kier alpha value is -2.76. The molecule has 118 valence electrons. The van der Waals surface area contributed by atoms with Crippen molar-refractivity contribution >= 4 is 11.8 Å². The fraction of sp³-hybridized carbons (Fsp3) is 0.294. The highest BCUT2D eigenvalue weighted by Crippen LogP contribution is 2.13. The van der Waals surface area contributed by atoms with Crippen LogP contribution in [0.25, 0.3) is 0 Å². The molecule has 2 amide bonds. The minimum Gasteiger partial charge on any atom is -0.348 e. The molecule has 0 aromatic carbocycles. The number of piperidine rings is 1. The van der Waals surface area contributed by atoms with Crippen LogP contribution in [0, 0.1) is 0 Å². The first kappa shape index (κ1) is 15.1. The van der Waals surface area contributed by atoms with Crippen molar-refractivity contribution in [2.24, 2.45) is 0 Å². The maximum atomic E-state index is 12.3. The van der Waals surface area contributed by atoms with Crippen molar-refractivity contribution in [1.82, 2.24) is 20.2 Å². The fourth-order valence-electron chi connectivity index (χ4n) is 2.63. The van der Waals surface area contributed by atoms with Gasteiger partial charge in [-0.05, 0) is 37.1 Å². The minimum atomic E-state index is -0.167. The van der Waals surface area contributed by atoms with Crippen molar-refractivity contribution in [2.45, 2.75) is 18.9 Å². The Morgan fingerprint density at radius 2 is 1.57 bits per heavy atom. The van der Waals surface area contributed by atoms with Crippen LogP contribution in [0.3, 0.4) is 0 Å². The number of likely N-dealkylation sites (tertiary alicyclic amines) is 1. The second-order valence-corrected chi connectivity index (χ2v) is 5.47. The van der Waals surface area contributed by atoms with Crippen LogP contribution in [-0.2, 0) is 0 Å². The van der Waals surface area contributed by atoms with E-state index in [1.54, 1.807) is 53.7 Å². The molecule has 0 aliphatic carbocycles. The third-order valence-corrected chi connectivity index (χ3v) is 3.90. The van der Waals surface area contributed by atoms with Crippen molar-refractivity contribution in [3.8, 4) is 0 Å². The number of hydrogen-bond donors (Lipinski definition) is 1. The Bertz CT molecular complexity index is 668. The van der Waals surface area contributed by atoms with E-state index >= 15 is 0 Å². The second kappa shape index (κ2) is 7.00. The monoisotopic (exact) mass is 310 g/mol. The summed E-state index contributed by atoms with van der Waals surface area (Å²) < 4.78 is 0. The molecule has 0 atom stereocenters. The summed E-state index contributed by atoms with van der Waals surface area (Å²) in [6.07, 6.45) is 4.68. The molecule has 0 unspecified atom stereocenters. The zero-order valence-corrected chi connectivity index (χ0v) is 12.7. The predicted molar refractivity (Wildman–Crippen MR) is 84.9 cm³/mol. The molecule has 1 aliphatic rings. The quantitative estimate of drug-likeness (QED) is 0.932. The first-order valence-electron chi connectivity index (χ1n) is 7.66. The number of nitrogens with one attached hydrogen (secondary N) is 1. The Morgan fingerprint density at radius 1 is 0.957 bits per heavy atom. The summed E-state index contributed by atoms with van der Waals surface area (Å²) in [5.74, 6) is -0.222. The molecule has 1 aliphatic heterocycles. The molecule has 0 bridgehead atoms. The van der Waals surface area contributed by atoms with Crippen molar-refractivity contribution in [3.05, 3.63) is 60.2 Å². The lowest BCUT2D eigenvalue weighted by atomic mass is 10.0. The standard InChI is InChI=1S/C17H18N4O2/c22-16(14-5-1-3-9-18-14)20-13-7-11-21(12-8-13)17(23)15-6-2-4-10-19-15/h1-6,9-10,13H,7-8,11-12H2,(H,20,22). The summed E-state index contributed by atoms with van der Waals surface area (Å²) in [5, 5.41) is 2.98. The van der Waals surface area contributed by atoms with Crippen LogP contribution in [0.2, 0.25) is 0 Å². The molecule has 2 aromatic rings. The molecule has 6 heteroatoms. The molecule has 2 aromatic heterocycles. The van der Waals surface area contributed by atoms with E-state index in [0.29, 0.717) is 24.5 Å². The van der Waals surface area contributed by atoms with E-state index < -0.39 is 0 Å². The largest absolute Gasteiger partial charge is 0.348 e. The number of carbonyl (C=O) groups is 2. The van der Waals surface area contributed by atoms with Gasteiger partial charge in [0.05, 0.1) is 0 Å². The lowest BCUT2D eigenvalue weighted by molar-refractivity contribution is 0.0692. The van der Waals surface area contributed by atoms with E-state index in [1.165, 1.54) is 0 Å². The number of pyridine rings is 2. The van der Waals surface area contributed by atoms with Gasteiger partial charge in [0.25, 0.3) is 11.8 Å². The van der Waals surface area contributed by atoms with Crippen molar-refractivity contribution < 1.29 is 9.59 Å². The van der Waals surface area contributed by atoms with Crippen LogP contribution < -0.4 is 5.32 Å². The fourth-order valence-corrected chi connectivity index (χ4v) is 2.63. The van der Waals surface area contributed by atoms with Crippen LogP contribution in [0.4, 0.5) is 0 Å². The lowest BCUT2D eigenvalue weighted by Gasteiger charge is -2.32. The highest BCUT2D eigenvalue weighted by atomic mass is 16.2. The number of rotatable bonds is 3. The average Bonchev–Trinajstić information content (AvgIpc) is 2.63. The van der Waals surface area contributed by atoms with Gasteiger partial charge in [0, 0.05) is 31.5 Å². The van der Waals surface area contributed by atoms with Crippen LogP contribution in [0.1, 0.15) is 33.8 Å². The van der Waals surface area contributed by atoms with Gasteiger partial charge in [-0.15, -0.1) is 0 Å². The topological polar surface area (TPSA) is 75.2 Å². The highest BCUT2D eigenvalue weighted by Gasteiger charge is 2.25. The number of hydrogen-bond acceptors (Lipinski definition) is 4. The maximum absolute atomic E-state index is 12.3. The molecular formula is C17H18N4O2. The van der Waals surface area contributed by atoms with Gasteiger partial charge in [0.2, 0.25) is 0 Å². The van der Waals surface area contributed by atoms with Crippen LogP contribution >= 0.6 is 0 Å². The minimum absolute atomic E-state index is 0.0555. The Kier molecular flexibility index (Phi) is 4.61. The van der Waals surface area contributed by atoms with Crippen LogP contribution in [0.15, 0.2) is 48.8 Å². The van der Waals surface area contributed by atoms with Crippen molar-refractivity contribution in [3.63, 3.8) is 0 Å². The van der Waals surface area contributed by atoms with E-state index in [0.717, 1.165) is 12.8 Å². The number of nitrogens with zero attached hydrogens (tertiary/aromatic N) is 3. The van der Waals surface area contributed by atoms with Crippen LogP contribution in [-0.4, -0.2) is 45.8 Å². The van der Waals surface area contributed by atoms with Gasteiger partial charge >= 0.3 is 0 Å². The summed E-state index contributed by atoms with van der Waals surface area (Å²) in [4.78, 5) is 34.3. The van der Waals surface area contributed by atoms with E-state index in [9.17, 15) is 9.59 Å². The number of aromatic nitrogens is 2. The molecular weight excluding hydrogens is 292 g/mol. The molecule has 23 heavy (non-hydrogen) atoms. The van der Waals surface area contributed by atoms with Gasteiger partial charge in [0.1, 0.15) is 11.4 Å². The zero-order chi connectivity index (χ0) is 16.1. The summed E-state index contributed by atoms with van der Waals surface area (Å²) in [7, 11) is 0. The number of amides is 2. The molecule has 3 heterocycles. The SMILES string of the molecule is O=C(NC1CCN(C(=O)c2ccccn2)CC1)c1ccccn1. The molecule has 1 fully saturated rings. The molecule has 0 saturated carbocycles. The van der Waals surface area contributed by atoms with Gasteiger partial charge in [-0.1, -0.05) is 12.1 Å². The van der Waals surface area contributed by atoms with Crippen LogP contribution in [0.5, 0.6) is 0 Å². The van der Waals surface area contributed by atoms with Gasteiger partial charge in [-0.2, -0.15) is 0 Å². The van der Waals surface area contributed by atoms with E-state index in [1.807, 2.05) is 0 Å². The Morgan fingerprint density at radius 3 is 2.13 bits per heavy atom. The molecule has 0 spiro atoms. The van der Waals surface area contributed by atoms with E-state index in [2.05, 4.69) is 15.3 Å². The third-order valence-electron chi connectivity index (χ3n) is 3.90. The first-order chi connectivity index (χ1) is 11.2. The molecule has 6 nitrogen and oxygen atoms in total. The van der Waals surface area contributed by atoms with Crippen molar-refractivity contribution in [2.75, 3.05) is 13.1 Å². The average molecular weight is 310 g/mol. The highest BCUT2D eigenvalue weighted by molar-refractivity contribution is 5.93. The summed E-state index contributed by atoms with van der Waals surface area (Å²) in [5.41, 5.74) is 0.878. The second-order valence-electron chi connectivity index (χ2n) is 5.47. The van der Waals surface area contributed by atoms with Gasteiger partial charge in [0.15, 0.2) is 0 Å². The molecule has 0 radical (unpaired) electrons. The molecule has 1 N–H and O–H groups in total. The van der Waals surface area contributed by atoms with Gasteiger partial charge in [-0.25, -0.2) is 0 Å². The summed E-state index contributed by atoms with van der Waals surface area (Å²) in [6, 6.07) is 10.6. The van der Waals surface area contributed by atoms with E-state index in [-0.39, 0.29) is 17.9 Å². The summed E-state index contributed by atoms with van der Waals surface area (Å²) in [6.45, 7) is 1.23. The zero-order valence-electron chi connectivity index (χ0n) is 12.7. The Balaban J connectivity index is 1.53. The van der Waals surface area contributed by atoms with Gasteiger partial charge < -0.3 is 10.2 Å². The maximum Gasteiger partial charge on any atom is 0.272 e. The summed E-state index contributed by atoms with van der Waals surface area (Å²) >= 11 is 0. The normalized spacial score (nSPS) is 15.2. The first-order valence-corrected chi connectivity index (χ1v) is 7.66. The smallest absolute Gasteiger partial charge is 0.272 e. The van der Waals surface area contributed by atoms with E-state index in [4.69, 9.17) is 0 Å². The lowest BCUT2D eigenvalue weighted by Crippen LogP contribution is -2.46. The Labute approximate surface area is 134 Å². The van der Waals surface area contributed by atoms with Crippen molar-refractivity contribution in [1.29, 1.82) is 0 Å². The third kappa shape index (κ3) is 3.71. The van der Waals surface area contributed by atoms with Gasteiger partial charge in [-0.3, -0.25) is 19.6 Å².